The van der Waals surface area contributed by atoms with E-state index in [0.29, 0.717) is 11.1 Å². The fourth-order valence-electron chi connectivity index (χ4n) is 2.75. The highest BCUT2D eigenvalue weighted by Crippen LogP contribution is 2.46. The van der Waals surface area contributed by atoms with Crippen molar-refractivity contribution < 1.29 is 19.1 Å². The van der Waals surface area contributed by atoms with Gasteiger partial charge in [0, 0.05) is 10.0 Å². The Morgan fingerprint density at radius 1 is 1.39 bits per heavy atom. The summed E-state index contributed by atoms with van der Waals surface area (Å²) in [6.07, 6.45) is 2.84. The number of carboxylic acid groups (broad SMARTS) is 1. The molecular weight excluding hydrogens is 362 g/mol. The molecule has 1 fully saturated rings. The van der Waals surface area contributed by atoms with Crippen molar-refractivity contribution in [2.24, 2.45) is 0 Å². The summed E-state index contributed by atoms with van der Waals surface area (Å²) in [5, 5.41) is 12.0. The largest absolute Gasteiger partial charge is 0.481 e. The number of furan rings is 1. The standard InChI is InChI=1S/C17H16BrNO4/c1-10-9-23-13(8-14(20)21)15(10)16(22)19-17(5-6-17)11-3-2-4-12(18)7-11/h2-4,7,9H,5-6,8H2,1H3,(H,19,22)(H,20,21). The van der Waals surface area contributed by atoms with E-state index >= 15 is 0 Å². The monoisotopic (exact) mass is 377 g/mol. The molecule has 1 aromatic carbocycles. The summed E-state index contributed by atoms with van der Waals surface area (Å²) in [6, 6.07) is 7.85. The zero-order chi connectivity index (χ0) is 16.6. The van der Waals surface area contributed by atoms with Crippen LogP contribution in [-0.2, 0) is 16.8 Å². The lowest BCUT2D eigenvalue weighted by Crippen LogP contribution is -2.35. The molecule has 2 N–H and O–H groups in total. The first kappa shape index (κ1) is 15.8. The first-order valence-corrected chi connectivity index (χ1v) is 8.08. The van der Waals surface area contributed by atoms with Crippen molar-refractivity contribution in [3.63, 3.8) is 0 Å². The van der Waals surface area contributed by atoms with Crippen LogP contribution in [0.1, 0.15) is 40.1 Å². The molecule has 0 atom stereocenters. The van der Waals surface area contributed by atoms with Crippen molar-refractivity contribution in [1.29, 1.82) is 0 Å². The summed E-state index contributed by atoms with van der Waals surface area (Å²) < 4.78 is 6.20. The van der Waals surface area contributed by atoms with Crippen LogP contribution in [0.3, 0.4) is 0 Å². The lowest BCUT2D eigenvalue weighted by Gasteiger charge is -2.18. The third kappa shape index (κ3) is 3.17. The molecule has 0 spiro atoms. The molecule has 1 saturated carbocycles. The Labute approximate surface area is 141 Å². The quantitative estimate of drug-likeness (QED) is 0.836. The van der Waals surface area contributed by atoms with Gasteiger partial charge in [-0.15, -0.1) is 0 Å². The van der Waals surface area contributed by atoms with Crippen molar-refractivity contribution in [1.82, 2.24) is 5.32 Å². The smallest absolute Gasteiger partial charge is 0.311 e. The van der Waals surface area contributed by atoms with Crippen LogP contribution in [0.2, 0.25) is 0 Å². The van der Waals surface area contributed by atoms with Gasteiger partial charge in [-0.2, -0.15) is 0 Å². The number of aliphatic carboxylic acids is 1. The van der Waals surface area contributed by atoms with Crippen LogP contribution in [0.15, 0.2) is 39.4 Å². The number of halogens is 1. The SMILES string of the molecule is Cc1coc(CC(=O)O)c1C(=O)NC1(c2cccc(Br)c2)CC1. The molecule has 1 heterocycles. The van der Waals surface area contributed by atoms with Gasteiger partial charge in [0.25, 0.3) is 5.91 Å². The fraction of sp³-hybridized carbons (Fsp3) is 0.294. The van der Waals surface area contributed by atoms with Crippen LogP contribution >= 0.6 is 15.9 Å². The highest BCUT2D eigenvalue weighted by Gasteiger charge is 2.46. The van der Waals surface area contributed by atoms with Gasteiger partial charge in [-0.1, -0.05) is 28.1 Å². The Hall–Kier alpha value is -2.08. The van der Waals surface area contributed by atoms with Gasteiger partial charge in [0.2, 0.25) is 0 Å². The number of rotatable bonds is 5. The lowest BCUT2D eigenvalue weighted by molar-refractivity contribution is -0.136. The van der Waals surface area contributed by atoms with Gasteiger partial charge in [-0.3, -0.25) is 9.59 Å². The van der Waals surface area contributed by atoms with Gasteiger partial charge in [0.05, 0.1) is 17.4 Å². The number of carbonyl (C=O) groups is 2. The van der Waals surface area contributed by atoms with Gasteiger partial charge < -0.3 is 14.8 Å². The van der Waals surface area contributed by atoms with E-state index in [9.17, 15) is 9.59 Å². The van der Waals surface area contributed by atoms with Crippen LogP contribution in [0.5, 0.6) is 0 Å². The Morgan fingerprint density at radius 2 is 2.13 bits per heavy atom. The predicted molar refractivity (Wildman–Crippen MR) is 87.3 cm³/mol. The van der Waals surface area contributed by atoms with Crippen LogP contribution < -0.4 is 5.32 Å². The maximum absolute atomic E-state index is 12.7. The molecule has 2 aromatic rings. The highest BCUT2D eigenvalue weighted by atomic mass is 79.9. The topological polar surface area (TPSA) is 79.5 Å². The van der Waals surface area contributed by atoms with Crippen molar-refractivity contribution in [2.45, 2.75) is 31.7 Å². The molecule has 1 amide bonds. The Balaban J connectivity index is 1.85. The zero-order valence-corrected chi connectivity index (χ0v) is 14.1. The van der Waals surface area contributed by atoms with E-state index in [1.165, 1.54) is 6.26 Å². The first-order chi connectivity index (χ1) is 10.9. The van der Waals surface area contributed by atoms with Gasteiger partial charge >= 0.3 is 5.97 Å². The minimum Gasteiger partial charge on any atom is -0.481 e. The molecule has 5 nitrogen and oxygen atoms in total. The predicted octanol–water partition coefficient (Wildman–Crippen LogP) is 3.40. The molecule has 23 heavy (non-hydrogen) atoms. The third-order valence-corrected chi connectivity index (χ3v) is 4.56. The average Bonchev–Trinajstić information content (AvgIpc) is 3.16. The van der Waals surface area contributed by atoms with E-state index < -0.39 is 5.97 Å². The number of hydrogen-bond acceptors (Lipinski definition) is 3. The number of amides is 1. The van der Waals surface area contributed by atoms with Crippen molar-refractivity contribution >= 4 is 27.8 Å². The fourth-order valence-corrected chi connectivity index (χ4v) is 3.15. The van der Waals surface area contributed by atoms with Crippen molar-refractivity contribution in [3.8, 4) is 0 Å². The number of aryl methyl sites for hydroxylation is 1. The normalized spacial score (nSPS) is 15.2. The van der Waals surface area contributed by atoms with Gasteiger partial charge in [-0.25, -0.2) is 0 Å². The first-order valence-electron chi connectivity index (χ1n) is 7.28. The summed E-state index contributed by atoms with van der Waals surface area (Å²) >= 11 is 3.44. The Kier molecular flexibility index (Phi) is 4.02. The second-order valence-electron chi connectivity index (χ2n) is 5.83. The molecule has 0 radical (unpaired) electrons. The van der Waals surface area contributed by atoms with E-state index in [2.05, 4.69) is 21.2 Å². The van der Waals surface area contributed by atoms with Gasteiger partial charge in [0.1, 0.15) is 12.2 Å². The Morgan fingerprint density at radius 3 is 2.74 bits per heavy atom. The maximum Gasteiger partial charge on any atom is 0.311 e. The lowest BCUT2D eigenvalue weighted by atomic mass is 10.0. The second-order valence-corrected chi connectivity index (χ2v) is 6.75. The minimum atomic E-state index is -1.03. The summed E-state index contributed by atoms with van der Waals surface area (Å²) in [6.45, 7) is 1.74. The molecule has 0 unspecified atom stereocenters. The third-order valence-electron chi connectivity index (χ3n) is 4.07. The van der Waals surface area contributed by atoms with Gasteiger partial charge in [-0.05, 0) is 37.5 Å². The van der Waals surface area contributed by atoms with E-state index in [0.717, 1.165) is 22.9 Å². The minimum absolute atomic E-state index is 0.192. The summed E-state index contributed by atoms with van der Waals surface area (Å²) in [7, 11) is 0. The number of nitrogens with one attached hydrogen (secondary N) is 1. The van der Waals surface area contributed by atoms with E-state index in [-0.39, 0.29) is 23.6 Å². The van der Waals surface area contributed by atoms with Crippen LogP contribution in [0, 0.1) is 6.92 Å². The second kappa shape index (κ2) is 5.85. The van der Waals surface area contributed by atoms with E-state index in [4.69, 9.17) is 9.52 Å². The number of hydrogen-bond donors (Lipinski definition) is 2. The average molecular weight is 378 g/mol. The van der Waals surface area contributed by atoms with Crippen molar-refractivity contribution in [2.75, 3.05) is 0 Å². The summed E-state index contributed by atoms with van der Waals surface area (Å²) in [5.74, 6) is -1.12. The number of carbonyl (C=O) groups excluding carboxylic acids is 1. The van der Waals surface area contributed by atoms with E-state index in [1.807, 2.05) is 24.3 Å². The van der Waals surface area contributed by atoms with Crippen LogP contribution in [-0.4, -0.2) is 17.0 Å². The summed E-state index contributed by atoms with van der Waals surface area (Å²) in [4.78, 5) is 23.6. The molecule has 3 rings (SSSR count). The Bertz CT molecular complexity index is 777. The molecule has 1 aliphatic rings. The van der Waals surface area contributed by atoms with Crippen LogP contribution in [0.25, 0.3) is 0 Å². The molecule has 0 bridgehead atoms. The van der Waals surface area contributed by atoms with Crippen molar-refractivity contribution in [3.05, 3.63) is 57.5 Å². The molecule has 6 heteroatoms. The molecule has 1 aliphatic carbocycles. The number of carboxylic acids is 1. The van der Waals surface area contributed by atoms with Crippen LogP contribution in [0.4, 0.5) is 0 Å². The maximum atomic E-state index is 12.7. The molecule has 0 saturated heterocycles. The summed E-state index contributed by atoms with van der Waals surface area (Å²) in [5.41, 5.74) is 1.64. The zero-order valence-electron chi connectivity index (χ0n) is 12.6. The molecule has 120 valence electrons. The molecular formula is C17H16BrNO4. The highest BCUT2D eigenvalue weighted by molar-refractivity contribution is 9.10. The molecule has 0 aliphatic heterocycles. The number of benzene rings is 1. The molecule has 1 aromatic heterocycles. The van der Waals surface area contributed by atoms with Gasteiger partial charge in [0.15, 0.2) is 0 Å². The van der Waals surface area contributed by atoms with E-state index in [1.54, 1.807) is 6.92 Å².